The molecule has 0 amide bonds. The molecule has 98 valence electrons. The van der Waals surface area contributed by atoms with Crippen LogP contribution in [0.1, 0.15) is 12.0 Å². The van der Waals surface area contributed by atoms with Crippen molar-refractivity contribution in [3.05, 3.63) is 39.7 Å². The van der Waals surface area contributed by atoms with Crippen LogP contribution in [0.15, 0.2) is 18.2 Å². The van der Waals surface area contributed by atoms with Crippen molar-refractivity contribution in [2.24, 2.45) is 5.92 Å². The first-order valence-corrected chi connectivity index (χ1v) is 5.88. The third kappa shape index (κ3) is 3.02. The molecule has 0 aliphatic carbocycles. The van der Waals surface area contributed by atoms with Gasteiger partial charge in [-0.1, -0.05) is 12.1 Å². The summed E-state index contributed by atoms with van der Waals surface area (Å²) in [6.07, 6.45) is 1.00. The minimum Gasteiger partial charge on any atom is -0.381 e. The highest BCUT2D eigenvalue weighted by Crippen LogP contribution is 2.20. The van der Waals surface area contributed by atoms with E-state index in [1.165, 1.54) is 12.1 Å². The number of hydrogen-bond donors (Lipinski definition) is 1. The van der Waals surface area contributed by atoms with Gasteiger partial charge in [0.2, 0.25) is 5.82 Å². The largest absolute Gasteiger partial charge is 0.381 e. The molecular weight excluding hydrogens is 239 g/mol. The lowest BCUT2D eigenvalue weighted by Gasteiger charge is -2.09. The van der Waals surface area contributed by atoms with E-state index in [2.05, 4.69) is 5.32 Å². The lowest BCUT2D eigenvalue weighted by Crippen LogP contribution is -2.23. The van der Waals surface area contributed by atoms with Crippen molar-refractivity contribution in [2.45, 2.75) is 13.0 Å². The zero-order valence-corrected chi connectivity index (χ0v) is 9.89. The number of benzene rings is 1. The molecule has 0 radical (unpaired) electrons. The molecule has 2 rings (SSSR count). The highest BCUT2D eigenvalue weighted by Gasteiger charge is 2.18. The maximum Gasteiger partial charge on any atom is 0.305 e. The smallest absolute Gasteiger partial charge is 0.305 e. The molecule has 18 heavy (non-hydrogen) atoms. The monoisotopic (exact) mass is 254 g/mol. The molecule has 1 unspecified atom stereocenters. The van der Waals surface area contributed by atoms with Gasteiger partial charge in [0, 0.05) is 31.3 Å². The number of nitro benzene ring substituents is 1. The highest BCUT2D eigenvalue weighted by molar-refractivity contribution is 5.36. The number of hydrogen-bond acceptors (Lipinski definition) is 4. The summed E-state index contributed by atoms with van der Waals surface area (Å²) in [5.41, 5.74) is -0.151. The van der Waals surface area contributed by atoms with E-state index in [1.54, 1.807) is 6.07 Å². The van der Waals surface area contributed by atoms with Crippen LogP contribution in [0.5, 0.6) is 0 Å². The van der Waals surface area contributed by atoms with Crippen LogP contribution in [0.3, 0.4) is 0 Å². The fourth-order valence-corrected chi connectivity index (χ4v) is 2.00. The van der Waals surface area contributed by atoms with Crippen molar-refractivity contribution < 1.29 is 14.1 Å². The molecule has 1 aliphatic heterocycles. The highest BCUT2D eigenvalue weighted by atomic mass is 19.1. The lowest BCUT2D eigenvalue weighted by molar-refractivity contribution is -0.387. The second-order valence-corrected chi connectivity index (χ2v) is 4.37. The number of nitro groups is 1. The second-order valence-electron chi connectivity index (χ2n) is 4.37. The summed E-state index contributed by atoms with van der Waals surface area (Å²) >= 11 is 0. The fourth-order valence-electron chi connectivity index (χ4n) is 2.00. The van der Waals surface area contributed by atoms with Gasteiger partial charge < -0.3 is 10.1 Å². The Hall–Kier alpha value is -1.53. The zero-order valence-electron chi connectivity index (χ0n) is 9.89. The first kappa shape index (κ1) is 12.9. The van der Waals surface area contributed by atoms with Gasteiger partial charge in [0.1, 0.15) is 0 Å². The number of halogens is 1. The molecule has 1 aromatic rings. The minimum atomic E-state index is -0.752. The van der Waals surface area contributed by atoms with Gasteiger partial charge in [-0.15, -0.1) is 0 Å². The van der Waals surface area contributed by atoms with Crippen LogP contribution in [0.25, 0.3) is 0 Å². The van der Waals surface area contributed by atoms with Crippen molar-refractivity contribution in [1.82, 2.24) is 5.32 Å². The fraction of sp³-hybridized carbons (Fsp3) is 0.500. The van der Waals surface area contributed by atoms with Gasteiger partial charge in [0.05, 0.1) is 11.5 Å². The zero-order chi connectivity index (χ0) is 13.0. The Kier molecular flexibility index (Phi) is 4.22. The molecular formula is C12H15FN2O3. The van der Waals surface area contributed by atoms with Gasteiger partial charge in [-0.2, -0.15) is 4.39 Å². The van der Waals surface area contributed by atoms with Crippen molar-refractivity contribution in [3.8, 4) is 0 Å². The van der Waals surface area contributed by atoms with Gasteiger partial charge in [-0.05, 0) is 12.3 Å². The van der Waals surface area contributed by atoms with Crippen LogP contribution >= 0.6 is 0 Å². The Labute approximate surface area is 104 Å². The van der Waals surface area contributed by atoms with E-state index in [0.29, 0.717) is 18.0 Å². The average molecular weight is 254 g/mol. The molecule has 0 aromatic heterocycles. The van der Waals surface area contributed by atoms with Gasteiger partial charge >= 0.3 is 5.69 Å². The molecule has 1 saturated heterocycles. The first-order valence-electron chi connectivity index (χ1n) is 5.88. The molecule has 1 N–H and O–H groups in total. The van der Waals surface area contributed by atoms with Gasteiger partial charge in [-0.25, -0.2) is 0 Å². The normalized spacial score (nSPS) is 19.1. The molecule has 6 heteroatoms. The number of ether oxygens (including phenoxy) is 1. The summed E-state index contributed by atoms with van der Waals surface area (Å²) in [6.45, 7) is 2.54. The maximum atomic E-state index is 13.7. The Bertz CT molecular complexity index is 433. The van der Waals surface area contributed by atoms with E-state index in [0.717, 1.165) is 26.2 Å². The van der Waals surface area contributed by atoms with Crippen LogP contribution in [-0.4, -0.2) is 24.7 Å². The van der Waals surface area contributed by atoms with E-state index in [1.807, 2.05) is 0 Å². The van der Waals surface area contributed by atoms with Crippen LogP contribution in [0, 0.1) is 21.8 Å². The van der Waals surface area contributed by atoms with E-state index >= 15 is 0 Å². The van der Waals surface area contributed by atoms with Gasteiger partial charge in [0.25, 0.3) is 0 Å². The molecule has 0 saturated carbocycles. The van der Waals surface area contributed by atoms with E-state index in [-0.39, 0.29) is 0 Å². The molecule has 1 fully saturated rings. The van der Waals surface area contributed by atoms with Crippen molar-refractivity contribution in [2.75, 3.05) is 19.8 Å². The molecule has 1 aromatic carbocycles. The van der Waals surface area contributed by atoms with Gasteiger partial charge in [-0.3, -0.25) is 10.1 Å². The second kappa shape index (κ2) is 5.88. The third-order valence-electron chi connectivity index (χ3n) is 3.03. The van der Waals surface area contributed by atoms with Crippen LogP contribution in [0.2, 0.25) is 0 Å². The Morgan fingerprint density at radius 3 is 3.06 bits per heavy atom. The summed E-state index contributed by atoms with van der Waals surface area (Å²) in [7, 11) is 0. The summed E-state index contributed by atoms with van der Waals surface area (Å²) < 4.78 is 18.9. The van der Waals surface area contributed by atoms with Crippen LogP contribution in [0.4, 0.5) is 10.1 Å². The Balaban J connectivity index is 1.92. The number of nitrogens with one attached hydrogen (secondary N) is 1. The standard InChI is InChI=1S/C12H15FN2O3/c13-12-10(2-1-3-11(12)15(16)17)7-14-6-9-4-5-18-8-9/h1-3,9,14H,4-8H2. The predicted octanol–water partition coefficient (Wildman–Crippen LogP) is 1.86. The van der Waals surface area contributed by atoms with Crippen molar-refractivity contribution in [3.63, 3.8) is 0 Å². The Morgan fingerprint density at radius 2 is 2.39 bits per heavy atom. The molecule has 0 bridgehead atoms. The number of nitrogens with zero attached hydrogens (tertiary/aromatic N) is 1. The van der Waals surface area contributed by atoms with E-state index < -0.39 is 16.4 Å². The average Bonchev–Trinajstić information content (AvgIpc) is 2.84. The van der Waals surface area contributed by atoms with E-state index in [9.17, 15) is 14.5 Å². The minimum absolute atomic E-state index is 0.296. The molecule has 5 nitrogen and oxygen atoms in total. The first-order chi connectivity index (χ1) is 8.68. The Morgan fingerprint density at radius 1 is 1.56 bits per heavy atom. The van der Waals surface area contributed by atoms with Gasteiger partial charge in [0.15, 0.2) is 0 Å². The number of rotatable bonds is 5. The van der Waals surface area contributed by atoms with Crippen LogP contribution in [-0.2, 0) is 11.3 Å². The summed E-state index contributed by atoms with van der Waals surface area (Å²) in [4.78, 5) is 9.88. The quantitative estimate of drug-likeness (QED) is 0.643. The third-order valence-corrected chi connectivity index (χ3v) is 3.03. The lowest BCUT2D eigenvalue weighted by atomic mass is 10.1. The SMILES string of the molecule is O=[N+]([O-])c1cccc(CNCC2CCOC2)c1F. The topological polar surface area (TPSA) is 64.4 Å². The van der Waals surface area contributed by atoms with Crippen molar-refractivity contribution in [1.29, 1.82) is 0 Å². The van der Waals surface area contributed by atoms with Crippen molar-refractivity contribution >= 4 is 5.69 Å². The van der Waals surface area contributed by atoms with E-state index in [4.69, 9.17) is 4.74 Å². The molecule has 0 spiro atoms. The molecule has 1 atom stereocenters. The maximum absolute atomic E-state index is 13.7. The van der Waals surface area contributed by atoms with Crippen LogP contribution < -0.4 is 5.32 Å². The molecule has 1 heterocycles. The summed E-state index contributed by atoms with van der Waals surface area (Å²) in [5, 5.41) is 13.7. The summed E-state index contributed by atoms with van der Waals surface area (Å²) in [6, 6.07) is 4.22. The predicted molar refractivity (Wildman–Crippen MR) is 63.7 cm³/mol. The summed E-state index contributed by atoms with van der Waals surface area (Å²) in [5.74, 6) is -0.301. The molecule has 1 aliphatic rings.